The van der Waals surface area contributed by atoms with E-state index in [1.165, 1.54) is 5.69 Å². The van der Waals surface area contributed by atoms with Crippen LogP contribution in [0.2, 0.25) is 0 Å². The second kappa shape index (κ2) is 7.34. The number of hydrogen-bond acceptors (Lipinski definition) is 4. The van der Waals surface area contributed by atoms with Gasteiger partial charge in [0.05, 0.1) is 5.69 Å². The first-order valence-electron chi connectivity index (χ1n) is 6.57. The van der Waals surface area contributed by atoms with Crippen LogP contribution < -0.4 is 10.6 Å². The molecule has 0 spiro atoms. The standard InChI is InChI=1S/C14H26N4/c1-12(2)11-18(8-7-17(3)4)14-5-6-16-13(9-14)10-15/h5-6,9,12H,7-8,10-11,15H2,1-4H3. The van der Waals surface area contributed by atoms with Gasteiger partial charge in [0, 0.05) is 38.1 Å². The molecule has 0 saturated heterocycles. The van der Waals surface area contributed by atoms with Crippen LogP contribution in [0.1, 0.15) is 19.5 Å². The Kier molecular flexibility index (Phi) is 6.09. The molecule has 0 aliphatic carbocycles. The highest BCUT2D eigenvalue weighted by Crippen LogP contribution is 2.16. The Morgan fingerprint density at radius 2 is 2.00 bits per heavy atom. The second-order valence-electron chi connectivity index (χ2n) is 5.35. The Balaban J connectivity index is 2.79. The molecular weight excluding hydrogens is 224 g/mol. The highest BCUT2D eigenvalue weighted by atomic mass is 15.2. The number of anilines is 1. The Morgan fingerprint density at radius 1 is 1.28 bits per heavy atom. The molecule has 4 heteroatoms. The Labute approximate surface area is 111 Å². The van der Waals surface area contributed by atoms with E-state index in [-0.39, 0.29) is 0 Å². The summed E-state index contributed by atoms with van der Waals surface area (Å²) in [7, 11) is 4.21. The van der Waals surface area contributed by atoms with E-state index in [9.17, 15) is 0 Å². The van der Waals surface area contributed by atoms with Crippen LogP contribution in [0.15, 0.2) is 18.3 Å². The molecule has 1 rings (SSSR count). The highest BCUT2D eigenvalue weighted by molar-refractivity contribution is 5.46. The quantitative estimate of drug-likeness (QED) is 0.798. The lowest BCUT2D eigenvalue weighted by Crippen LogP contribution is -2.34. The monoisotopic (exact) mass is 250 g/mol. The van der Waals surface area contributed by atoms with Crippen LogP contribution in [0.25, 0.3) is 0 Å². The molecule has 2 N–H and O–H groups in total. The van der Waals surface area contributed by atoms with E-state index in [2.05, 4.69) is 54.9 Å². The number of hydrogen-bond donors (Lipinski definition) is 1. The van der Waals surface area contributed by atoms with Crippen LogP contribution >= 0.6 is 0 Å². The number of nitrogens with two attached hydrogens (primary N) is 1. The van der Waals surface area contributed by atoms with Crippen molar-refractivity contribution in [2.45, 2.75) is 20.4 Å². The first-order valence-corrected chi connectivity index (χ1v) is 6.57. The summed E-state index contributed by atoms with van der Waals surface area (Å²) < 4.78 is 0. The maximum Gasteiger partial charge on any atom is 0.0560 e. The minimum absolute atomic E-state index is 0.497. The van der Waals surface area contributed by atoms with Crippen LogP contribution in [0, 0.1) is 5.92 Å². The van der Waals surface area contributed by atoms with Crippen LogP contribution in [0.3, 0.4) is 0 Å². The van der Waals surface area contributed by atoms with Gasteiger partial charge in [0.1, 0.15) is 0 Å². The summed E-state index contributed by atoms with van der Waals surface area (Å²) in [6, 6.07) is 4.16. The predicted octanol–water partition coefficient (Wildman–Crippen LogP) is 1.56. The van der Waals surface area contributed by atoms with Gasteiger partial charge in [-0.3, -0.25) is 4.98 Å². The molecule has 0 aliphatic rings. The van der Waals surface area contributed by atoms with Crippen molar-refractivity contribution in [1.29, 1.82) is 0 Å². The minimum atomic E-state index is 0.497. The van der Waals surface area contributed by atoms with Crippen LogP contribution in [0.5, 0.6) is 0 Å². The van der Waals surface area contributed by atoms with Gasteiger partial charge in [-0.1, -0.05) is 13.8 Å². The van der Waals surface area contributed by atoms with Crippen molar-refractivity contribution in [3.8, 4) is 0 Å². The molecule has 0 atom stereocenters. The zero-order valence-electron chi connectivity index (χ0n) is 12.1. The summed E-state index contributed by atoms with van der Waals surface area (Å²) in [6.07, 6.45) is 1.85. The highest BCUT2D eigenvalue weighted by Gasteiger charge is 2.09. The number of pyridine rings is 1. The van der Waals surface area contributed by atoms with Gasteiger partial charge < -0.3 is 15.5 Å². The fourth-order valence-electron chi connectivity index (χ4n) is 1.86. The predicted molar refractivity (Wildman–Crippen MR) is 77.7 cm³/mol. The molecule has 0 bridgehead atoms. The maximum absolute atomic E-state index is 5.65. The van der Waals surface area contributed by atoms with E-state index in [4.69, 9.17) is 5.73 Å². The zero-order chi connectivity index (χ0) is 13.5. The average molecular weight is 250 g/mol. The Morgan fingerprint density at radius 3 is 2.56 bits per heavy atom. The van der Waals surface area contributed by atoms with Crippen molar-refractivity contribution < 1.29 is 0 Å². The third kappa shape index (κ3) is 5.02. The van der Waals surface area contributed by atoms with Gasteiger partial charge in [-0.15, -0.1) is 0 Å². The van der Waals surface area contributed by atoms with Crippen molar-refractivity contribution in [2.75, 3.05) is 38.6 Å². The van der Waals surface area contributed by atoms with Crippen molar-refractivity contribution in [3.63, 3.8) is 0 Å². The molecule has 18 heavy (non-hydrogen) atoms. The summed E-state index contributed by atoms with van der Waals surface area (Å²) in [5.74, 6) is 0.640. The lowest BCUT2D eigenvalue weighted by Gasteiger charge is -2.28. The van der Waals surface area contributed by atoms with Crippen LogP contribution in [-0.4, -0.2) is 43.6 Å². The normalized spacial score (nSPS) is 11.3. The number of aromatic nitrogens is 1. The maximum atomic E-state index is 5.65. The molecule has 0 saturated carbocycles. The second-order valence-corrected chi connectivity index (χ2v) is 5.35. The SMILES string of the molecule is CC(C)CN(CCN(C)C)c1ccnc(CN)c1. The van der Waals surface area contributed by atoms with E-state index in [1.54, 1.807) is 0 Å². The summed E-state index contributed by atoms with van der Waals surface area (Å²) in [4.78, 5) is 8.87. The molecule has 0 amide bonds. The number of likely N-dealkylation sites (N-methyl/N-ethyl adjacent to an activating group) is 1. The number of nitrogens with zero attached hydrogens (tertiary/aromatic N) is 3. The summed E-state index contributed by atoms with van der Waals surface area (Å²) in [6.45, 7) is 8.12. The van der Waals surface area contributed by atoms with Gasteiger partial charge >= 0.3 is 0 Å². The van der Waals surface area contributed by atoms with Crippen molar-refractivity contribution in [3.05, 3.63) is 24.0 Å². The van der Waals surface area contributed by atoms with Gasteiger partial charge in [0.15, 0.2) is 0 Å². The molecule has 0 fully saturated rings. The van der Waals surface area contributed by atoms with Crippen molar-refractivity contribution in [2.24, 2.45) is 11.7 Å². The first-order chi connectivity index (χ1) is 8.52. The van der Waals surface area contributed by atoms with E-state index in [0.717, 1.165) is 25.3 Å². The van der Waals surface area contributed by atoms with Gasteiger partial charge in [0.2, 0.25) is 0 Å². The van der Waals surface area contributed by atoms with E-state index >= 15 is 0 Å². The molecule has 4 nitrogen and oxygen atoms in total. The van der Waals surface area contributed by atoms with Gasteiger partial charge in [-0.05, 0) is 32.1 Å². The van der Waals surface area contributed by atoms with Crippen LogP contribution in [-0.2, 0) is 6.54 Å². The molecule has 1 aromatic rings. The lowest BCUT2D eigenvalue weighted by molar-refractivity contribution is 0.409. The fraction of sp³-hybridized carbons (Fsp3) is 0.643. The average Bonchev–Trinajstić information content (AvgIpc) is 2.34. The van der Waals surface area contributed by atoms with Crippen molar-refractivity contribution >= 4 is 5.69 Å². The summed E-state index contributed by atoms with van der Waals surface area (Å²) in [5.41, 5.74) is 7.83. The molecule has 1 heterocycles. The van der Waals surface area contributed by atoms with E-state index in [1.807, 2.05) is 6.20 Å². The zero-order valence-corrected chi connectivity index (χ0v) is 12.1. The van der Waals surface area contributed by atoms with Crippen LogP contribution in [0.4, 0.5) is 5.69 Å². The van der Waals surface area contributed by atoms with Gasteiger partial charge in [-0.2, -0.15) is 0 Å². The Bertz CT molecular complexity index is 349. The molecule has 102 valence electrons. The number of rotatable bonds is 7. The van der Waals surface area contributed by atoms with E-state index in [0.29, 0.717) is 12.5 Å². The molecular formula is C14H26N4. The smallest absolute Gasteiger partial charge is 0.0560 e. The lowest BCUT2D eigenvalue weighted by atomic mass is 10.2. The van der Waals surface area contributed by atoms with E-state index < -0.39 is 0 Å². The van der Waals surface area contributed by atoms with Crippen molar-refractivity contribution in [1.82, 2.24) is 9.88 Å². The summed E-state index contributed by atoms with van der Waals surface area (Å²) >= 11 is 0. The first kappa shape index (κ1) is 14.9. The largest absolute Gasteiger partial charge is 0.370 e. The molecule has 0 unspecified atom stereocenters. The third-order valence-corrected chi connectivity index (χ3v) is 2.78. The Hall–Kier alpha value is -1.13. The topological polar surface area (TPSA) is 45.4 Å². The van der Waals surface area contributed by atoms with Gasteiger partial charge in [-0.25, -0.2) is 0 Å². The summed E-state index contributed by atoms with van der Waals surface area (Å²) in [5, 5.41) is 0. The molecule has 1 aromatic heterocycles. The molecule has 0 radical (unpaired) electrons. The molecule has 0 aliphatic heterocycles. The third-order valence-electron chi connectivity index (χ3n) is 2.78. The fourth-order valence-corrected chi connectivity index (χ4v) is 1.86. The van der Waals surface area contributed by atoms with Gasteiger partial charge in [0.25, 0.3) is 0 Å². The molecule has 0 aromatic carbocycles. The minimum Gasteiger partial charge on any atom is -0.370 e.